The van der Waals surface area contributed by atoms with E-state index in [1.54, 1.807) is 12.1 Å². The third-order valence-corrected chi connectivity index (χ3v) is 6.72. The van der Waals surface area contributed by atoms with Crippen molar-refractivity contribution < 1.29 is 4.92 Å². The van der Waals surface area contributed by atoms with Crippen LogP contribution in [0.5, 0.6) is 0 Å². The number of rotatable bonds is 5. The topological polar surface area (TPSA) is 43.1 Å². The van der Waals surface area contributed by atoms with Crippen LogP contribution in [0.1, 0.15) is 10.4 Å². The van der Waals surface area contributed by atoms with Crippen molar-refractivity contribution >= 4 is 41.0 Å². The molecule has 2 aromatic rings. The molecular weight excluding hydrogens is 373 g/mol. The number of nitro benzene ring substituents is 1. The van der Waals surface area contributed by atoms with E-state index in [0.29, 0.717) is 15.0 Å². The van der Waals surface area contributed by atoms with E-state index in [0.717, 1.165) is 10.9 Å². The molecule has 2 aromatic carbocycles. The molecule has 0 saturated carbocycles. The Bertz CT molecular complexity index is 562. The van der Waals surface area contributed by atoms with Gasteiger partial charge in [0.25, 0.3) is 0 Å². The van der Waals surface area contributed by atoms with Crippen LogP contribution in [-0.4, -0.2) is 19.9 Å². The summed E-state index contributed by atoms with van der Waals surface area (Å²) in [6, 6.07) is 17.1. The number of nitrogens with zero attached hydrogens (tertiary/aromatic N) is 1. The minimum atomic E-state index is -0.356. The van der Waals surface area contributed by atoms with E-state index in [2.05, 4.69) is 28.1 Å². The van der Waals surface area contributed by atoms with Gasteiger partial charge in [0.1, 0.15) is 0 Å². The first-order valence-corrected chi connectivity index (χ1v) is 8.71. The summed E-state index contributed by atoms with van der Waals surface area (Å²) in [5, 5.41) is 11.7. The number of benzene rings is 2. The Balaban J connectivity index is 2.02. The van der Waals surface area contributed by atoms with Crippen LogP contribution in [0.2, 0.25) is 5.32 Å². The Labute approximate surface area is 126 Å². The first-order chi connectivity index (χ1) is 9.16. The van der Waals surface area contributed by atoms with Gasteiger partial charge in [-0.25, -0.2) is 0 Å². The zero-order valence-corrected chi connectivity index (χ0v) is 13.3. The van der Waals surface area contributed by atoms with Crippen molar-refractivity contribution in [2.45, 2.75) is 10.1 Å². The van der Waals surface area contributed by atoms with Gasteiger partial charge in [0, 0.05) is 0 Å². The molecule has 0 N–H and O–H groups in total. The Morgan fingerprint density at radius 2 is 1.89 bits per heavy atom. The summed E-state index contributed by atoms with van der Waals surface area (Å²) in [6.45, 7) is 0. The Hall–Kier alpha value is -1.16. The zero-order chi connectivity index (χ0) is 13.7. The van der Waals surface area contributed by atoms with Gasteiger partial charge in [0.05, 0.1) is 0 Å². The van der Waals surface area contributed by atoms with Gasteiger partial charge in [-0.15, -0.1) is 0 Å². The predicted molar refractivity (Wildman–Crippen MR) is 81.4 cm³/mol. The second-order valence-electron chi connectivity index (χ2n) is 3.94. The summed E-state index contributed by atoms with van der Waals surface area (Å²) in [7, 11) is 0. The minimum absolute atomic E-state index is 0.147. The fourth-order valence-electron chi connectivity index (χ4n) is 1.62. The van der Waals surface area contributed by atoms with Gasteiger partial charge in [0.2, 0.25) is 0 Å². The summed E-state index contributed by atoms with van der Waals surface area (Å²) in [5.41, 5.74) is 1.11. The van der Waals surface area contributed by atoms with Crippen LogP contribution in [0.3, 0.4) is 0 Å². The van der Waals surface area contributed by atoms with Crippen LogP contribution in [0.15, 0.2) is 54.6 Å². The summed E-state index contributed by atoms with van der Waals surface area (Å²) in [6.07, 6.45) is 0. The molecule has 2 rings (SSSR count). The van der Waals surface area contributed by atoms with Crippen molar-refractivity contribution in [2.75, 3.05) is 0 Å². The molecule has 0 saturated heterocycles. The van der Waals surface area contributed by atoms with Gasteiger partial charge in [-0.1, -0.05) is 0 Å². The molecular formula is C14H12BrNO2Se. The number of hydrogen-bond donors (Lipinski definition) is 0. The summed E-state index contributed by atoms with van der Waals surface area (Å²) >= 11 is 3.98. The maximum atomic E-state index is 10.7. The fraction of sp³-hybridized carbons (Fsp3) is 0.143. The molecule has 0 fully saturated rings. The first kappa shape index (κ1) is 14.3. The molecule has 98 valence electrons. The average molecular weight is 385 g/mol. The molecule has 0 radical (unpaired) electrons. The van der Waals surface area contributed by atoms with Gasteiger partial charge in [0.15, 0.2) is 0 Å². The number of hydrogen-bond acceptors (Lipinski definition) is 2. The van der Waals surface area contributed by atoms with Crippen LogP contribution in [0, 0.1) is 10.1 Å². The fourth-order valence-corrected chi connectivity index (χ4v) is 4.44. The third kappa shape index (κ3) is 4.16. The molecule has 5 heteroatoms. The van der Waals surface area contributed by atoms with E-state index < -0.39 is 0 Å². The standard InChI is InChI=1S/C14H12BrNO2Se/c15-14(10-19-13-7-2-1-3-8-13)11-5-4-6-12(9-11)16(17)18/h1-9,14H,10H2. The molecule has 19 heavy (non-hydrogen) atoms. The van der Waals surface area contributed by atoms with E-state index in [9.17, 15) is 10.1 Å². The van der Waals surface area contributed by atoms with Crippen molar-refractivity contribution in [2.24, 2.45) is 0 Å². The Morgan fingerprint density at radius 1 is 1.16 bits per heavy atom. The van der Waals surface area contributed by atoms with Crippen molar-refractivity contribution in [1.29, 1.82) is 0 Å². The van der Waals surface area contributed by atoms with Crippen LogP contribution in [0.4, 0.5) is 5.69 Å². The molecule has 3 nitrogen and oxygen atoms in total. The van der Waals surface area contributed by atoms with Crippen molar-refractivity contribution in [1.82, 2.24) is 0 Å². The van der Waals surface area contributed by atoms with E-state index in [1.807, 2.05) is 24.3 Å². The molecule has 0 aromatic heterocycles. The third-order valence-electron chi connectivity index (χ3n) is 2.58. The normalized spacial score (nSPS) is 12.1. The number of halogens is 1. The number of nitro groups is 1. The molecule has 0 bridgehead atoms. The molecule has 0 heterocycles. The van der Waals surface area contributed by atoms with E-state index in [-0.39, 0.29) is 15.4 Å². The van der Waals surface area contributed by atoms with Crippen molar-refractivity contribution in [3.63, 3.8) is 0 Å². The van der Waals surface area contributed by atoms with Crippen molar-refractivity contribution in [3.05, 3.63) is 70.3 Å². The van der Waals surface area contributed by atoms with Crippen LogP contribution in [0.25, 0.3) is 0 Å². The summed E-state index contributed by atoms with van der Waals surface area (Å²) in [5.74, 6) is 0. The monoisotopic (exact) mass is 385 g/mol. The van der Waals surface area contributed by atoms with Crippen molar-refractivity contribution in [3.8, 4) is 0 Å². The van der Waals surface area contributed by atoms with Gasteiger partial charge in [-0.3, -0.25) is 0 Å². The average Bonchev–Trinajstić information content (AvgIpc) is 2.46. The second kappa shape index (κ2) is 6.85. The van der Waals surface area contributed by atoms with Crippen LogP contribution < -0.4 is 4.46 Å². The van der Waals surface area contributed by atoms with Crippen LogP contribution in [-0.2, 0) is 0 Å². The second-order valence-corrected chi connectivity index (χ2v) is 7.34. The van der Waals surface area contributed by atoms with Gasteiger partial charge >= 0.3 is 126 Å². The molecule has 0 aliphatic heterocycles. The summed E-state index contributed by atoms with van der Waals surface area (Å²) in [4.78, 5) is 10.6. The number of non-ortho nitro benzene ring substituents is 1. The quantitative estimate of drug-likeness (QED) is 0.342. The zero-order valence-electron chi connectivity index (χ0n) is 10.0. The Morgan fingerprint density at radius 3 is 2.58 bits per heavy atom. The molecule has 1 atom stereocenters. The van der Waals surface area contributed by atoms with E-state index in [1.165, 1.54) is 10.5 Å². The Kier molecular flexibility index (Phi) is 5.14. The molecule has 1 unspecified atom stereocenters. The molecule has 0 amide bonds. The predicted octanol–water partition coefficient (Wildman–Crippen LogP) is 3.48. The molecule has 0 aliphatic carbocycles. The number of alkyl halides is 1. The van der Waals surface area contributed by atoms with Crippen LogP contribution >= 0.6 is 15.9 Å². The first-order valence-electron chi connectivity index (χ1n) is 5.73. The van der Waals surface area contributed by atoms with Gasteiger partial charge < -0.3 is 0 Å². The van der Waals surface area contributed by atoms with E-state index in [4.69, 9.17) is 0 Å². The molecule has 0 spiro atoms. The molecule has 0 aliphatic rings. The van der Waals surface area contributed by atoms with E-state index >= 15 is 0 Å². The van der Waals surface area contributed by atoms with Gasteiger partial charge in [-0.05, 0) is 0 Å². The SMILES string of the molecule is O=[N+]([O-])c1cccc(C(Br)C[Se]c2ccccc2)c1. The van der Waals surface area contributed by atoms with Gasteiger partial charge in [-0.2, -0.15) is 0 Å². The maximum absolute atomic E-state index is 10.7. The summed E-state index contributed by atoms with van der Waals surface area (Å²) < 4.78 is 1.34.